The van der Waals surface area contributed by atoms with Crippen molar-refractivity contribution in [3.05, 3.63) is 29.8 Å². The molecule has 1 aromatic carbocycles. The van der Waals surface area contributed by atoms with E-state index in [-0.39, 0.29) is 12.5 Å². The molecular formula is C20H27NO3. The molecule has 0 aliphatic carbocycles. The summed E-state index contributed by atoms with van der Waals surface area (Å²) in [6, 6.07) is 7.95. The highest BCUT2D eigenvalue weighted by Crippen LogP contribution is 2.20. The van der Waals surface area contributed by atoms with Crippen LogP contribution in [0.3, 0.4) is 0 Å². The third-order valence-corrected chi connectivity index (χ3v) is 4.42. The summed E-state index contributed by atoms with van der Waals surface area (Å²) in [5.74, 6) is 4.25. The van der Waals surface area contributed by atoms with E-state index in [4.69, 9.17) is 15.9 Å². The molecule has 4 heteroatoms. The van der Waals surface area contributed by atoms with Crippen LogP contribution in [0.1, 0.15) is 38.2 Å². The fourth-order valence-electron chi connectivity index (χ4n) is 2.82. The Labute approximate surface area is 145 Å². The van der Waals surface area contributed by atoms with Crippen molar-refractivity contribution in [3.8, 4) is 18.1 Å². The molecule has 0 unspecified atom stereocenters. The second-order valence-electron chi connectivity index (χ2n) is 6.56. The first-order valence-corrected chi connectivity index (χ1v) is 8.62. The third-order valence-electron chi connectivity index (χ3n) is 4.42. The number of nitrogens with zero attached hydrogens (tertiary/aromatic N) is 1. The molecule has 1 aliphatic heterocycles. The van der Waals surface area contributed by atoms with Crippen LogP contribution in [0.2, 0.25) is 0 Å². The largest absolute Gasteiger partial charge is 0.484 e. The highest BCUT2D eigenvalue weighted by molar-refractivity contribution is 5.77. The number of amides is 1. The quantitative estimate of drug-likeness (QED) is 0.570. The van der Waals surface area contributed by atoms with Crippen molar-refractivity contribution in [1.29, 1.82) is 0 Å². The van der Waals surface area contributed by atoms with Crippen LogP contribution in [0.25, 0.3) is 0 Å². The lowest BCUT2D eigenvalue weighted by Crippen LogP contribution is -2.41. The van der Waals surface area contributed by atoms with Gasteiger partial charge < -0.3 is 14.4 Å². The zero-order chi connectivity index (χ0) is 17.4. The van der Waals surface area contributed by atoms with Crippen LogP contribution in [-0.2, 0) is 9.53 Å². The zero-order valence-corrected chi connectivity index (χ0v) is 14.7. The number of carbonyl (C=O) groups is 1. The number of ether oxygens (including phenoxy) is 2. The Morgan fingerprint density at radius 1 is 1.29 bits per heavy atom. The average molecular weight is 329 g/mol. The minimum Gasteiger partial charge on any atom is -0.484 e. The fourth-order valence-corrected chi connectivity index (χ4v) is 2.82. The van der Waals surface area contributed by atoms with Crippen LogP contribution in [0.15, 0.2) is 24.3 Å². The second-order valence-corrected chi connectivity index (χ2v) is 6.56. The third kappa shape index (κ3) is 5.58. The van der Waals surface area contributed by atoms with E-state index in [1.165, 1.54) is 5.56 Å². The number of terminal acetylenes is 1. The molecular weight excluding hydrogens is 302 g/mol. The first kappa shape index (κ1) is 18.4. The molecule has 0 N–H and O–H groups in total. The van der Waals surface area contributed by atoms with E-state index in [2.05, 4.69) is 19.8 Å². The highest BCUT2D eigenvalue weighted by atomic mass is 16.5. The van der Waals surface area contributed by atoms with Crippen LogP contribution in [0.4, 0.5) is 0 Å². The van der Waals surface area contributed by atoms with Gasteiger partial charge in [-0.2, -0.15) is 0 Å². The lowest BCUT2D eigenvalue weighted by Gasteiger charge is -2.31. The predicted octanol–water partition coefficient (Wildman–Crippen LogP) is 3.08. The van der Waals surface area contributed by atoms with Crippen molar-refractivity contribution in [2.24, 2.45) is 5.92 Å². The molecule has 4 nitrogen and oxygen atoms in total. The molecule has 0 atom stereocenters. The van der Waals surface area contributed by atoms with Crippen molar-refractivity contribution in [1.82, 2.24) is 4.90 Å². The molecule has 0 bridgehead atoms. The van der Waals surface area contributed by atoms with E-state index in [1.54, 1.807) is 0 Å². The van der Waals surface area contributed by atoms with Gasteiger partial charge in [0.1, 0.15) is 12.4 Å². The van der Waals surface area contributed by atoms with E-state index >= 15 is 0 Å². The molecule has 2 rings (SSSR count). The SMILES string of the molecule is C#CCOCC1CCN(C(=O)COc2ccc(C(C)C)cc2)CC1. The number of hydrogen-bond acceptors (Lipinski definition) is 3. The number of benzene rings is 1. The molecule has 0 radical (unpaired) electrons. The molecule has 1 aliphatic rings. The number of hydrogen-bond donors (Lipinski definition) is 0. The van der Waals surface area contributed by atoms with Crippen LogP contribution in [-0.4, -0.2) is 43.7 Å². The van der Waals surface area contributed by atoms with Gasteiger partial charge in [-0.05, 0) is 42.4 Å². The highest BCUT2D eigenvalue weighted by Gasteiger charge is 2.23. The Kier molecular flexibility index (Phi) is 7.14. The summed E-state index contributed by atoms with van der Waals surface area (Å²) in [5.41, 5.74) is 1.27. The lowest BCUT2D eigenvalue weighted by molar-refractivity contribution is -0.135. The summed E-state index contributed by atoms with van der Waals surface area (Å²) in [7, 11) is 0. The topological polar surface area (TPSA) is 38.8 Å². The number of likely N-dealkylation sites (tertiary alicyclic amines) is 1. The maximum absolute atomic E-state index is 12.3. The maximum atomic E-state index is 12.3. The van der Waals surface area contributed by atoms with E-state index in [9.17, 15) is 4.79 Å². The normalized spacial score (nSPS) is 15.3. The monoisotopic (exact) mass is 329 g/mol. The van der Waals surface area contributed by atoms with E-state index < -0.39 is 0 Å². The van der Waals surface area contributed by atoms with Gasteiger partial charge in [0.15, 0.2) is 6.61 Å². The van der Waals surface area contributed by atoms with Gasteiger partial charge in [-0.3, -0.25) is 4.79 Å². The van der Waals surface area contributed by atoms with Crippen molar-refractivity contribution in [2.75, 3.05) is 32.9 Å². The summed E-state index contributed by atoms with van der Waals surface area (Å²) >= 11 is 0. The molecule has 1 aromatic rings. The summed E-state index contributed by atoms with van der Waals surface area (Å²) in [6.45, 7) is 6.98. The summed E-state index contributed by atoms with van der Waals surface area (Å²) in [5, 5.41) is 0. The first-order valence-electron chi connectivity index (χ1n) is 8.62. The van der Waals surface area contributed by atoms with Crippen molar-refractivity contribution < 1.29 is 14.3 Å². The Bertz CT molecular complexity index is 551. The Morgan fingerprint density at radius 3 is 2.54 bits per heavy atom. The molecule has 0 spiro atoms. The Morgan fingerprint density at radius 2 is 1.96 bits per heavy atom. The minimum absolute atomic E-state index is 0.0472. The smallest absolute Gasteiger partial charge is 0.260 e. The van der Waals surface area contributed by atoms with Gasteiger partial charge in [-0.25, -0.2) is 0 Å². The average Bonchev–Trinajstić information content (AvgIpc) is 2.61. The van der Waals surface area contributed by atoms with E-state index in [0.717, 1.165) is 31.7 Å². The van der Waals surface area contributed by atoms with Crippen LogP contribution in [0, 0.1) is 18.3 Å². The van der Waals surface area contributed by atoms with E-state index in [1.807, 2.05) is 29.2 Å². The van der Waals surface area contributed by atoms with Gasteiger partial charge in [0.2, 0.25) is 0 Å². The van der Waals surface area contributed by atoms with Gasteiger partial charge in [0, 0.05) is 13.1 Å². The lowest BCUT2D eigenvalue weighted by atomic mass is 9.98. The van der Waals surface area contributed by atoms with Crippen LogP contribution in [0.5, 0.6) is 5.75 Å². The molecule has 0 saturated carbocycles. The number of carbonyl (C=O) groups excluding carboxylic acids is 1. The van der Waals surface area contributed by atoms with Crippen LogP contribution >= 0.6 is 0 Å². The molecule has 1 amide bonds. The first-order chi connectivity index (χ1) is 11.6. The molecule has 130 valence electrons. The van der Waals surface area contributed by atoms with Crippen LogP contribution < -0.4 is 4.74 Å². The molecule has 1 saturated heterocycles. The van der Waals surface area contributed by atoms with E-state index in [0.29, 0.717) is 25.0 Å². The second kappa shape index (κ2) is 9.34. The number of rotatable bonds is 7. The van der Waals surface area contributed by atoms with Gasteiger partial charge in [-0.1, -0.05) is 31.9 Å². The standard InChI is InChI=1S/C20H27NO3/c1-4-13-23-14-17-9-11-21(12-10-17)20(22)15-24-19-7-5-18(6-8-19)16(2)3/h1,5-8,16-17H,9-15H2,2-3H3. The molecule has 1 heterocycles. The summed E-state index contributed by atoms with van der Waals surface area (Å²) in [4.78, 5) is 14.1. The zero-order valence-electron chi connectivity index (χ0n) is 14.7. The molecule has 0 aromatic heterocycles. The summed E-state index contributed by atoms with van der Waals surface area (Å²) in [6.07, 6.45) is 7.08. The maximum Gasteiger partial charge on any atom is 0.260 e. The number of piperidine rings is 1. The Balaban J connectivity index is 1.71. The Hall–Kier alpha value is -1.99. The minimum atomic E-state index is 0.0472. The van der Waals surface area contributed by atoms with Crippen molar-refractivity contribution in [3.63, 3.8) is 0 Å². The summed E-state index contributed by atoms with van der Waals surface area (Å²) < 4.78 is 11.0. The van der Waals surface area contributed by atoms with Gasteiger partial charge in [-0.15, -0.1) is 6.42 Å². The predicted molar refractivity (Wildman–Crippen MR) is 95.0 cm³/mol. The van der Waals surface area contributed by atoms with Crippen molar-refractivity contribution >= 4 is 5.91 Å². The fraction of sp³-hybridized carbons (Fsp3) is 0.550. The van der Waals surface area contributed by atoms with Gasteiger partial charge >= 0.3 is 0 Å². The molecule has 1 fully saturated rings. The van der Waals surface area contributed by atoms with Gasteiger partial charge in [0.05, 0.1) is 6.61 Å². The molecule has 24 heavy (non-hydrogen) atoms. The van der Waals surface area contributed by atoms with Crippen molar-refractivity contribution in [2.45, 2.75) is 32.6 Å². The van der Waals surface area contributed by atoms with Gasteiger partial charge in [0.25, 0.3) is 5.91 Å².